The van der Waals surface area contributed by atoms with Crippen molar-refractivity contribution in [1.82, 2.24) is 0 Å². The Bertz CT molecular complexity index is 1110. The SMILES string of the molecule is O=C(O)C1=CCc2ccccc2O1.O=C(O)c1cc(=O)c2ccccc2o1. The second-order valence-electron chi connectivity index (χ2n) is 5.56. The van der Waals surface area contributed by atoms with Gasteiger partial charge in [-0.25, -0.2) is 9.59 Å². The summed E-state index contributed by atoms with van der Waals surface area (Å²) in [5.74, 6) is -1.95. The quantitative estimate of drug-likeness (QED) is 0.716. The minimum atomic E-state index is -1.24. The van der Waals surface area contributed by atoms with Crippen LogP contribution in [-0.2, 0) is 11.2 Å². The van der Waals surface area contributed by atoms with Gasteiger partial charge < -0.3 is 19.4 Å². The number of aliphatic carboxylic acids is 1. The normalized spacial score (nSPS) is 12.1. The first-order valence-corrected chi connectivity index (χ1v) is 7.91. The zero-order valence-corrected chi connectivity index (χ0v) is 13.9. The summed E-state index contributed by atoms with van der Waals surface area (Å²) >= 11 is 0. The van der Waals surface area contributed by atoms with Gasteiger partial charge in [0.1, 0.15) is 11.3 Å². The van der Waals surface area contributed by atoms with Crippen LogP contribution in [0.25, 0.3) is 11.0 Å². The lowest BCUT2D eigenvalue weighted by atomic mass is 10.1. The molecule has 4 rings (SSSR count). The summed E-state index contributed by atoms with van der Waals surface area (Å²) in [6.07, 6.45) is 2.20. The van der Waals surface area contributed by atoms with E-state index in [2.05, 4.69) is 0 Å². The van der Waals surface area contributed by atoms with E-state index in [1.54, 1.807) is 36.4 Å². The van der Waals surface area contributed by atoms with Crippen molar-refractivity contribution in [2.75, 3.05) is 0 Å². The largest absolute Gasteiger partial charge is 0.475 e. The third-order valence-electron chi connectivity index (χ3n) is 3.76. The molecule has 0 bridgehead atoms. The van der Waals surface area contributed by atoms with Crippen LogP contribution in [0.5, 0.6) is 5.75 Å². The fourth-order valence-electron chi connectivity index (χ4n) is 2.48. The number of hydrogen-bond acceptors (Lipinski definition) is 5. The van der Waals surface area contributed by atoms with Gasteiger partial charge >= 0.3 is 11.9 Å². The molecule has 1 aliphatic rings. The molecule has 7 heteroatoms. The summed E-state index contributed by atoms with van der Waals surface area (Å²) in [6, 6.07) is 14.9. The molecule has 0 unspecified atom stereocenters. The topological polar surface area (TPSA) is 114 Å². The molecule has 0 saturated heterocycles. The van der Waals surface area contributed by atoms with Gasteiger partial charge in [-0.3, -0.25) is 4.79 Å². The second-order valence-corrected chi connectivity index (χ2v) is 5.56. The summed E-state index contributed by atoms with van der Waals surface area (Å²) < 4.78 is 10.2. The number of carboxylic acids is 2. The molecule has 3 aromatic rings. The average molecular weight is 366 g/mol. The number of hydrogen-bond donors (Lipinski definition) is 2. The molecular weight excluding hydrogens is 352 g/mol. The number of carboxylic acid groups (broad SMARTS) is 2. The lowest BCUT2D eigenvalue weighted by molar-refractivity contribution is -0.135. The van der Waals surface area contributed by atoms with E-state index in [0.29, 0.717) is 17.6 Å². The first-order chi connectivity index (χ1) is 13.0. The van der Waals surface area contributed by atoms with E-state index in [1.807, 2.05) is 18.2 Å². The smallest absolute Gasteiger partial charge is 0.371 e. The molecule has 0 radical (unpaired) electrons. The van der Waals surface area contributed by atoms with E-state index in [-0.39, 0.29) is 22.5 Å². The van der Waals surface area contributed by atoms with Crippen LogP contribution in [0.3, 0.4) is 0 Å². The highest BCUT2D eigenvalue weighted by molar-refractivity contribution is 5.87. The number of fused-ring (bicyclic) bond motifs is 2. The summed E-state index contributed by atoms with van der Waals surface area (Å²) in [6.45, 7) is 0. The van der Waals surface area contributed by atoms with Crippen molar-refractivity contribution in [2.45, 2.75) is 6.42 Å². The van der Waals surface area contributed by atoms with Crippen molar-refractivity contribution in [3.05, 3.63) is 88.0 Å². The van der Waals surface area contributed by atoms with Crippen molar-refractivity contribution < 1.29 is 29.0 Å². The van der Waals surface area contributed by atoms with Gasteiger partial charge in [0, 0.05) is 6.07 Å². The van der Waals surface area contributed by atoms with Gasteiger partial charge in [-0.2, -0.15) is 0 Å². The average Bonchev–Trinajstić information content (AvgIpc) is 2.68. The lowest BCUT2D eigenvalue weighted by Crippen LogP contribution is -2.12. The van der Waals surface area contributed by atoms with Crippen molar-refractivity contribution in [3.63, 3.8) is 0 Å². The van der Waals surface area contributed by atoms with Crippen LogP contribution < -0.4 is 10.2 Å². The molecule has 1 aromatic heterocycles. The van der Waals surface area contributed by atoms with Crippen molar-refractivity contribution in [2.24, 2.45) is 0 Å². The van der Waals surface area contributed by atoms with E-state index in [9.17, 15) is 14.4 Å². The van der Waals surface area contributed by atoms with Crippen molar-refractivity contribution in [1.29, 1.82) is 0 Å². The Balaban J connectivity index is 0.000000156. The Morgan fingerprint density at radius 1 is 0.926 bits per heavy atom. The molecule has 0 amide bonds. The van der Waals surface area contributed by atoms with E-state index in [1.165, 1.54) is 0 Å². The van der Waals surface area contributed by atoms with Gasteiger partial charge in [0.05, 0.1) is 5.39 Å². The summed E-state index contributed by atoms with van der Waals surface area (Å²) in [7, 11) is 0. The molecule has 2 heterocycles. The molecule has 136 valence electrons. The Morgan fingerprint density at radius 2 is 1.63 bits per heavy atom. The van der Waals surface area contributed by atoms with Crippen LogP contribution in [0.2, 0.25) is 0 Å². The first-order valence-electron chi connectivity index (χ1n) is 7.91. The third-order valence-corrected chi connectivity index (χ3v) is 3.76. The molecule has 2 N–H and O–H groups in total. The minimum Gasteiger partial charge on any atom is -0.475 e. The molecule has 2 aromatic carbocycles. The highest BCUT2D eigenvalue weighted by Crippen LogP contribution is 2.25. The van der Waals surface area contributed by atoms with Gasteiger partial charge in [-0.1, -0.05) is 30.3 Å². The molecule has 0 spiro atoms. The van der Waals surface area contributed by atoms with Gasteiger partial charge in [-0.05, 0) is 36.3 Å². The molecule has 7 nitrogen and oxygen atoms in total. The molecule has 0 aliphatic carbocycles. The van der Waals surface area contributed by atoms with E-state index >= 15 is 0 Å². The van der Waals surface area contributed by atoms with Gasteiger partial charge in [0.15, 0.2) is 5.43 Å². The Labute approximate surface area is 152 Å². The van der Waals surface area contributed by atoms with E-state index < -0.39 is 11.9 Å². The molecule has 1 aliphatic heterocycles. The van der Waals surface area contributed by atoms with E-state index in [4.69, 9.17) is 19.4 Å². The van der Waals surface area contributed by atoms with Crippen LogP contribution >= 0.6 is 0 Å². The summed E-state index contributed by atoms with van der Waals surface area (Å²) in [5, 5.41) is 17.7. The maximum Gasteiger partial charge on any atom is 0.371 e. The molecular formula is C20H14O7. The Kier molecular flexibility index (Phi) is 5.03. The maximum atomic E-state index is 11.4. The number of ether oxygens (including phenoxy) is 1. The maximum absolute atomic E-state index is 11.4. The molecule has 0 saturated carbocycles. The van der Waals surface area contributed by atoms with Gasteiger partial charge in [-0.15, -0.1) is 0 Å². The third kappa shape index (κ3) is 4.04. The monoisotopic (exact) mass is 366 g/mol. The number of rotatable bonds is 2. The Hall–Kier alpha value is -3.87. The van der Waals surface area contributed by atoms with Crippen molar-refractivity contribution >= 4 is 22.9 Å². The van der Waals surface area contributed by atoms with E-state index in [0.717, 1.165) is 11.6 Å². The molecule has 27 heavy (non-hydrogen) atoms. The second kappa shape index (κ2) is 7.57. The summed E-state index contributed by atoms with van der Waals surface area (Å²) in [5.41, 5.74) is 0.967. The summed E-state index contributed by atoms with van der Waals surface area (Å²) in [4.78, 5) is 32.5. The lowest BCUT2D eigenvalue weighted by Gasteiger charge is -2.14. The predicted octanol–water partition coefficient (Wildman–Crippen LogP) is 3.08. The fourth-order valence-corrected chi connectivity index (χ4v) is 2.48. The minimum absolute atomic E-state index is 0.0127. The van der Waals surface area contributed by atoms with Gasteiger partial charge in [0.2, 0.25) is 11.5 Å². The van der Waals surface area contributed by atoms with Gasteiger partial charge in [0.25, 0.3) is 0 Å². The van der Waals surface area contributed by atoms with Crippen LogP contribution in [0.4, 0.5) is 0 Å². The zero-order chi connectivity index (χ0) is 19.4. The number of carbonyl (C=O) groups is 2. The highest BCUT2D eigenvalue weighted by Gasteiger charge is 2.16. The number of allylic oxidation sites excluding steroid dienone is 1. The number of aromatic carboxylic acids is 1. The van der Waals surface area contributed by atoms with Crippen LogP contribution in [0.15, 0.2) is 75.6 Å². The molecule has 0 atom stereocenters. The fraction of sp³-hybridized carbons (Fsp3) is 0.0500. The standard InChI is InChI=1S/C10H6O4.C10H8O3/c11-7-5-9(10(12)13)14-8-4-2-1-3-6(7)8;11-10(12)9-6-5-7-3-1-2-4-8(7)13-9/h1-5H,(H,12,13);1-4,6H,5H2,(H,11,12). The van der Waals surface area contributed by atoms with Crippen LogP contribution in [0, 0.1) is 0 Å². The number of benzene rings is 2. The predicted molar refractivity (Wildman–Crippen MR) is 95.9 cm³/mol. The van der Waals surface area contributed by atoms with Crippen LogP contribution in [0.1, 0.15) is 16.1 Å². The Morgan fingerprint density at radius 3 is 2.37 bits per heavy atom. The van der Waals surface area contributed by atoms with Crippen LogP contribution in [-0.4, -0.2) is 22.2 Å². The van der Waals surface area contributed by atoms with Crippen molar-refractivity contribution in [3.8, 4) is 5.75 Å². The zero-order valence-electron chi connectivity index (χ0n) is 13.9. The number of para-hydroxylation sites is 2. The highest BCUT2D eigenvalue weighted by atomic mass is 16.5. The first kappa shape index (κ1) is 17.9. The molecule has 0 fully saturated rings.